The summed E-state index contributed by atoms with van der Waals surface area (Å²) in [5.41, 5.74) is 8.26. The minimum Gasteiger partial charge on any atom is -0.368 e. The molecule has 2 N–H and O–H groups in total. The second kappa shape index (κ2) is 6.00. The van der Waals surface area contributed by atoms with Crippen LogP contribution >= 0.6 is 11.3 Å². The molecule has 0 spiro atoms. The van der Waals surface area contributed by atoms with Crippen molar-refractivity contribution in [2.45, 2.75) is 32.5 Å². The summed E-state index contributed by atoms with van der Waals surface area (Å²) in [6.45, 7) is 2.04. The van der Waals surface area contributed by atoms with Crippen molar-refractivity contribution in [3.05, 3.63) is 56.1 Å². The lowest BCUT2D eigenvalue weighted by molar-refractivity contribution is -0.141. The van der Waals surface area contributed by atoms with E-state index in [9.17, 15) is 14.4 Å². The molecule has 2 heterocycles. The van der Waals surface area contributed by atoms with E-state index < -0.39 is 11.9 Å². The van der Waals surface area contributed by atoms with E-state index in [1.165, 1.54) is 9.47 Å². The number of thiazole rings is 1. The number of amides is 2. The Labute approximate surface area is 137 Å². The van der Waals surface area contributed by atoms with Gasteiger partial charge in [-0.2, -0.15) is 0 Å². The van der Waals surface area contributed by atoms with E-state index >= 15 is 0 Å². The van der Waals surface area contributed by atoms with Crippen LogP contribution in [0.4, 0.5) is 0 Å². The Kier molecular flexibility index (Phi) is 4.04. The van der Waals surface area contributed by atoms with Gasteiger partial charge in [-0.25, -0.2) is 0 Å². The Morgan fingerprint density at radius 2 is 2.00 bits per heavy atom. The van der Waals surface area contributed by atoms with Gasteiger partial charge >= 0.3 is 4.87 Å². The standard InChI is InChI=1S/C16H17N3O3S/c1-10-9-23-16(22)18(10)8-14(20)19-7-12-5-3-2-4-11(12)6-13(19)15(17)21/h2-5,9,13H,6-8H2,1H3,(H2,17,21)/t13-/m0/s1. The monoisotopic (exact) mass is 331 g/mol. The van der Waals surface area contributed by atoms with Crippen molar-refractivity contribution in [1.29, 1.82) is 0 Å². The molecule has 1 aliphatic rings. The van der Waals surface area contributed by atoms with E-state index in [2.05, 4.69) is 0 Å². The van der Waals surface area contributed by atoms with Crippen LogP contribution in [-0.4, -0.2) is 27.3 Å². The van der Waals surface area contributed by atoms with Crippen LogP contribution in [0.15, 0.2) is 34.4 Å². The smallest absolute Gasteiger partial charge is 0.307 e. The first-order chi connectivity index (χ1) is 11.0. The number of rotatable bonds is 3. The van der Waals surface area contributed by atoms with Crippen LogP contribution in [0.3, 0.4) is 0 Å². The molecule has 3 rings (SSSR count). The molecule has 1 aromatic heterocycles. The van der Waals surface area contributed by atoms with Gasteiger partial charge in [0, 0.05) is 24.0 Å². The van der Waals surface area contributed by atoms with Crippen molar-refractivity contribution < 1.29 is 9.59 Å². The predicted octanol–water partition coefficient (Wildman–Crippen LogP) is 0.657. The number of nitrogens with zero attached hydrogens (tertiary/aromatic N) is 2. The van der Waals surface area contributed by atoms with Gasteiger partial charge in [-0.3, -0.25) is 19.0 Å². The Hall–Kier alpha value is -2.41. The van der Waals surface area contributed by atoms with Crippen LogP contribution in [0.25, 0.3) is 0 Å². The molecule has 0 saturated carbocycles. The number of primary amides is 1. The van der Waals surface area contributed by atoms with E-state index in [1.807, 2.05) is 24.3 Å². The molecule has 120 valence electrons. The first kappa shape index (κ1) is 15.5. The molecule has 6 nitrogen and oxygen atoms in total. The lowest BCUT2D eigenvalue weighted by Gasteiger charge is -2.35. The van der Waals surface area contributed by atoms with Crippen LogP contribution in [0.5, 0.6) is 0 Å². The maximum Gasteiger partial charge on any atom is 0.307 e. The second-order valence-electron chi connectivity index (χ2n) is 5.64. The number of aryl methyl sites for hydroxylation is 1. The number of nitrogens with two attached hydrogens (primary N) is 1. The number of hydrogen-bond acceptors (Lipinski definition) is 4. The fourth-order valence-electron chi connectivity index (χ4n) is 2.86. The van der Waals surface area contributed by atoms with Crippen molar-refractivity contribution in [3.63, 3.8) is 0 Å². The molecular weight excluding hydrogens is 314 g/mol. The number of carbonyl (C=O) groups excluding carboxylic acids is 2. The van der Waals surface area contributed by atoms with Crippen LogP contribution in [0.2, 0.25) is 0 Å². The molecule has 0 unspecified atom stereocenters. The first-order valence-corrected chi connectivity index (χ1v) is 8.16. The van der Waals surface area contributed by atoms with Gasteiger partial charge in [0.15, 0.2) is 0 Å². The average Bonchev–Trinajstić information content (AvgIpc) is 2.85. The van der Waals surface area contributed by atoms with Crippen LogP contribution in [0, 0.1) is 6.92 Å². The molecule has 1 atom stereocenters. The summed E-state index contributed by atoms with van der Waals surface area (Å²) < 4.78 is 1.42. The van der Waals surface area contributed by atoms with Gasteiger partial charge in [0.05, 0.1) is 0 Å². The lowest BCUT2D eigenvalue weighted by atomic mass is 9.93. The summed E-state index contributed by atoms with van der Waals surface area (Å²) in [6, 6.07) is 7.02. The molecule has 0 fully saturated rings. The van der Waals surface area contributed by atoms with E-state index in [0.29, 0.717) is 13.0 Å². The van der Waals surface area contributed by atoms with Crippen molar-refractivity contribution >= 4 is 23.2 Å². The molecule has 1 aliphatic heterocycles. The Bertz CT molecular complexity index is 824. The van der Waals surface area contributed by atoms with Crippen molar-refractivity contribution in [2.24, 2.45) is 5.73 Å². The number of fused-ring (bicyclic) bond motifs is 1. The highest BCUT2D eigenvalue weighted by Gasteiger charge is 2.33. The Morgan fingerprint density at radius 3 is 2.61 bits per heavy atom. The number of aromatic nitrogens is 1. The molecular formula is C16H17N3O3S. The van der Waals surface area contributed by atoms with Gasteiger partial charge in [-0.05, 0) is 18.1 Å². The summed E-state index contributed by atoms with van der Waals surface area (Å²) in [5.74, 6) is -0.797. The topological polar surface area (TPSA) is 85.4 Å². The maximum atomic E-state index is 12.7. The molecule has 23 heavy (non-hydrogen) atoms. The van der Waals surface area contributed by atoms with Crippen molar-refractivity contribution in [3.8, 4) is 0 Å². The number of hydrogen-bond donors (Lipinski definition) is 1. The SMILES string of the molecule is Cc1csc(=O)n1CC(=O)N1Cc2ccccc2C[C@H]1C(N)=O. The Morgan fingerprint density at radius 1 is 1.30 bits per heavy atom. The highest BCUT2D eigenvalue weighted by atomic mass is 32.1. The van der Waals surface area contributed by atoms with E-state index in [-0.39, 0.29) is 17.3 Å². The molecule has 0 saturated heterocycles. The molecule has 1 aromatic carbocycles. The molecule has 2 aromatic rings. The fraction of sp³-hybridized carbons (Fsp3) is 0.312. The lowest BCUT2D eigenvalue weighted by Crippen LogP contribution is -2.52. The molecule has 7 heteroatoms. The highest BCUT2D eigenvalue weighted by molar-refractivity contribution is 7.07. The quantitative estimate of drug-likeness (QED) is 0.896. The van der Waals surface area contributed by atoms with Gasteiger partial charge in [0.1, 0.15) is 12.6 Å². The molecule has 0 bridgehead atoms. The molecule has 0 aliphatic carbocycles. The second-order valence-corrected chi connectivity index (χ2v) is 6.46. The van der Waals surface area contributed by atoms with Gasteiger partial charge < -0.3 is 10.6 Å². The number of carbonyl (C=O) groups is 2. The zero-order valence-electron chi connectivity index (χ0n) is 12.7. The molecule has 0 radical (unpaired) electrons. The van der Waals surface area contributed by atoms with Gasteiger partial charge in [0.2, 0.25) is 11.8 Å². The largest absolute Gasteiger partial charge is 0.368 e. The first-order valence-electron chi connectivity index (χ1n) is 7.28. The summed E-state index contributed by atoms with van der Waals surface area (Å²) >= 11 is 1.06. The van der Waals surface area contributed by atoms with E-state index in [0.717, 1.165) is 28.2 Å². The van der Waals surface area contributed by atoms with Crippen LogP contribution < -0.4 is 10.6 Å². The predicted molar refractivity (Wildman–Crippen MR) is 87.0 cm³/mol. The van der Waals surface area contributed by atoms with E-state index in [1.54, 1.807) is 12.3 Å². The minimum absolute atomic E-state index is 0.0693. The summed E-state index contributed by atoms with van der Waals surface area (Å²) in [7, 11) is 0. The van der Waals surface area contributed by atoms with Crippen molar-refractivity contribution in [1.82, 2.24) is 9.47 Å². The summed E-state index contributed by atoms with van der Waals surface area (Å²) in [4.78, 5) is 37.5. The average molecular weight is 331 g/mol. The fourth-order valence-corrected chi connectivity index (χ4v) is 3.60. The number of benzene rings is 1. The molecule has 2 amide bonds. The van der Waals surface area contributed by atoms with Gasteiger partial charge in [-0.15, -0.1) is 0 Å². The highest BCUT2D eigenvalue weighted by Crippen LogP contribution is 2.23. The van der Waals surface area contributed by atoms with Crippen LogP contribution in [-0.2, 0) is 29.1 Å². The van der Waals surface area contributed by atoms with Gasteiger partial charge in [0.25, 0.3) is 0 Å². The van der Waals surface area contributed by atoms with Crippen molar-refractivity contribution in [2.75, 3.05) is 0 Å². The third kappa shape index (κ3) is 2.92. The zero-order chi connectivity index (χ0) is 16.6. The van der Waals surface area contributed by atoms with Gasteiger partial charge in [-0.1, -0.05) is 35.6 Å². The normalized spacial score (nSPS) is 16.9. The maximum absolute atomic E-state index is 12.7. The third-order valence-electron chi connectivity index (χ3n) is 4.17. The van der Waals surface area contributed by atoms with Crippen LogP contribution in [0.1, 0.15) is 16.8 Å². The summed E-state index contributed by atoms with van der Waals surface area (Å²) in [5, 5.41) is 1.71. The third-order valence-corrected chi connectivity index (χ3v) is 5.05. The zero-order valence-corrected chi connectivity index (χ0v) is 13.5. The van der Waals surface area contributed by atoms with E-state index in [4.69, 9.17) is 5.73 Å². The summed E-state index contributed by atoms with van der Waals surface area (Å²) in [6.07, 6.45) is 0.411. The minimum atomic E-state index is -0.674. The Balaban J connectivity index is 1.89.